The van der Waals surface area contributed by atoms with Gasteiger partial charge in [-0.25, -0.2) is 0 Å². The molecule has 1 aliphatic heterocycles. The Labute approximate surface area is 107 Å². The van der Waals surface area contributed by atoms with Crippen molar-refractivity contribution in [1.29, 1.82) is 0 Å². The molecule has 1 atom stereocenters. The Bertz CT molecular complexity index is 206. The standard InChI is InChI=1S/C13H28N2.ClH/c1-5-12(2,3)6-8-15-9-7-13(4,10-14)11-15;/h5-11,14H2,1-4H3;1H. The van der Waals surface area contributed by atoms with Crippen LogP contribution < -0.4 is 5.73 Å². The van der Waals surface area contributed by atoms with E-state index in [-0.39, 0.29) is 12.4 Å². The summed E-state index contributed by atoms with van der Waals surface area (Å²) in [6, 6.07) is 0. The molecule has 0 aliphatic carbocycles. The lowest BCUT2D eigenvalue weighted by molar-refractivity contribution is 0.224. The predicted molar refractivity (Wildman–Crippen MR) is 74.2 cm³/mol. The molecule has 1 heterocycles. The van der Waals surface area contributed by atoms with Gasteiger partial charge in [0.25, 0.3) is 0 Å². The molecular weight excluding hydrogens is 220 g/mol. The minimum atomic E-state index is 0. The molecule has 0 spiro atoms. The summed E-state index contributed by atoms with van der Waals surface area (Å²) in [5.74, 6) is 0. The van der Waals surface area contributed by atoms with Crippen LogP contribution in [0, 0.1) is 10.8 Å². The van der Waals surface area contributed by atoms with E-state index in [1.165, 1.54) is 38.9 Å². The first kappa shape index (κ1) is 16.2. The van der Waals surface area contributed by atoms with Gasteiger partial charge in [0.15, 0.2) is 0 Å². The van der Waals surface area contributed by atoms with Crippen LogP contribution in [0.5, 0.6) is 0 Å². The minimum Gasteiger partial charge on any atom is -0.330 e. The lowest BCUT2D eigenvalue weighted by Crippen LogP contribution is -2.32. The minimum absolute atomic E-state index is 0. The van der Waals surface area contributed by atoms with Crippen molar-refractivity contribution in [2.45, 2.75) is 47.0 Å². The predicted octanol–water partition coefficient (Wildman–Crippen LogP) is 2.91. The largest absolute Gasteiger partial charge is 0.330 e. The fourth-order valence-corrected chi connectivity index (χ4v) is 2.12. The Morgan fingerprint density at radius 2 is 2.00 bits per heavy atom. The van der Waals surface area contributed by atoms with Crippen molar-refractivity contribution < 1.29 is 0 Å². The fourth-order valence-electron chi connectivity index (χ4n) is 2.12. The zero-order valence-electron chi connectivity index (χ0n) is 11.4. The Morgan fingerprint density at radius 3 is 2.44 bits per heavy atom. The van der Waals surface area contributed by atoms with Crippen molar-refractivity contribution in [2.24, 2.45) is 16.6 Å². The van der Waals surface area contributed by atoms with Gasteiger partial charge in [-0.3, -0.25) is 0 Å². The van der Waals surface area contributed by atoms with Gasteiger partial charge in [-0.1, -0.05) is 34.1 Å². The molecule has 0 aromatic carbocycles. The van der Waals surface area contributed by atoms with E-state index in [4.69, 9.17) is 5.73 Å². The number of rotatable bonds is 5. The quantitative estimate of drug-likeness (QED) is 0.811. The van der Waals surface area contributed by atoms with Crippen LogP contribution in [0.25, 0.3) is 0 Å². The average Bonchev–Trinajstić information content (AvgIpc) is 2.59. The monoisotopic (exact) mass is 248 g/mol. The first-order chi connectivity index (χ1) is 6.91. The van der Waals surface area contributed by atoms with Gasteiger partial charge in [-0.15, -0.1) is 12.4 Å². The maximum absolute atomic E-state index is 5.81. The van der Waals surface area contributed by atoms with E-state index in [1.807, 2.05) is 0 Å². The van der Waals surface area contributed by atoms with E-state index >= 15 is 0 Å². The zero-order chi connectivity index (χ0) is 11.5. The van der Waals surface area contributed by atoms with Gasteiger partial charge < -0.3 is 10.6 Å². The highest BCUT2D eigenvalue weighted by molar-refractivity contribution is 5.85. The molecule has 1 rings (SSSR count). The third-order valence-electron chi connectivity index (χ3n) is 4.19. The highest BCUT2D eigenvalue weighted by Crippen LogP contribution is 2.31. The molecule has 1 saturated heterocycles. The summed E-state index contributed by atoms with van der Waals surface area (Å²) >= 11 is 0. The number of nitrogens with zero attached hydrogens (tertiary/aromatic N) is 1. The van der Waals surface area contributed by atoms with Gasteiger partial charge in [0, 0.05) is 6.54 Å². The molecule has 0 aromatic heterocycles. The molecule has 1 fully saturated rings. The molecule has 0 aromatic rings. The molecule has 16 heavy (non-hydrogen) atoms. The van der Waals surface area contributed by atoms with E-state index < -0.39 is 0 Å². The smallest absolute Gasteiger partial charge is 0.00479 e. The topological polar surface area (TPSA) is 29.3 Å². The second-order valence-corrected chi connectivity index (χ2v) is 6.31. The second kappa shape index (κ2) is 6.23. The van der Waals surface area contributed by atoms with E-state index in [1.54, 1.807) is 0 Å². The van der Waals surface area contributed by atoms with Gasteiger partial charge >= 0.3 is 0 Å². The summed E-state index contributed by atoms with van der Waals surface area (Å²) in [6.45, 7) is 13.9. The third-order valence-corrected chi connectivity index (χ3v) is 4.19. The van der Waals surface area contributed by atoms with E-state index in [2.05, 4.69) is 32.6 Å². The van der Waals surface area contributed by atoms with Crippen LogP contribution in [-0.4, -0.2) is 31.1 Å². The molecule has 2 N–H and O–H groups in total. The second-order valence-electron chi connectivity index (χ2n) is 6.31. The number of hydrogen-bond donors (Lipinski definition) is 1. The van der Waals surface area contributed by atoms with Crippen molar-refractivity contribution in [2.75, 3.05) is 26.2 Å². The van der Waals surface area contributed by atoms with E-state index in [0.29, 0.717) is 10.8 Å². The number of likely N-dealkylation sites (tertiary alicyclic amines) is 1. The number of nitrogens with two attached hydrogens (primary N) is 1. The lowest BCUT2D eigenvalue weighted by atomic mass is 9.86. The maximum Gasteiger partial charge on any atom is 0.00479 e. The molecule has 1 aliphatic rings. The van der Waals surface area contributed by atoms with Gasteiger partial charge in [0.1, 0.15) is 0 Å². The summed E-state index contributed by atoms with van der Waals surface area (Å²) in [5.41, 5.74) is 6.70. The SMILES string of the molecule is CCC(C)(C)CCN1CCC(C)(CN)C1.Cl. The first-order valence-corrected chi connectivity index (χ1v) is 6.33. The summed E-state index contributed by atoms with van der Waals surface area (Å²) in [4.78, 5) is 2.59. The normalized spacial score (nSPS) is 26.8. The molecular formula is C13H29ClN2. The Kier molecular flexibility index (Phi) is 6.31. The first-order valence-electron chi connectivity index (χ1n) is 6.33. The van der Waals surface area contributed by atoms with Crippen LogP contribution in [0.2, 0.25) is 0 Å². The fraction of sp³-hybridized carbons (Fsp3) is 1.00. The van der Waals surface area contributed by atoms with E-state index in [9.17, 15) is 0 Å². The molecule has 0 saturated carbocycles. The van der Waals surface area contributed by atoms with Gasteiger partial charge in [-0.2, -0.15) is 0 Å². The maximum atomic E-state index is 5.81. The third kappa shape index (κ3) is 4.60. The number of hydrogen-bond acceptors (Lipinski definition) is 2. The molecule has 0 bridgehead atoms. The Hall–Kier alpha value is 0.210. The molecule has 3 heteroatoms. The molecule has 0 amide bonds. The van der Waals surface area contributed by atoms with Crippen molar-refractivity contribution in [3.8, 4) is 0 Å². The summed E-state index contributed by atoms with van der Waals surface area (Å²) < 4.78 is 0. The molecule has 2 nitrogen and oxygen atoms in total. The van der Waals surface area contributed by atoms with Crippen LogP contribution in [0.1, 0.15) is 47.0 Å². The van der Waals surface area contributed by atoms with Crippen molar-refractivity contribution in [1.82, 2.24) is 4.90 Å². The summed E-state index contributed by atoms with van der Waals surface area (Å²) in [6.07, 6.45) is 3.86. The molecule has 1 unspecified atom stereocenters. The molecule has 0 radical (unpaired) electrons. The van der Waals surface area contributed by atoms with E-state index in [0.717, 1.165) is 6.54 Å². The van der Waals surface area contributed by atoms with Crippen LogP contribution in [0.15, 0.2) is 0 Å². The number of halogens is 1. The lowest BCUT2D eigenvalue weighted by Gasteiger charge is -2.27. The highest BCUT2D eigenvalue weighted by atomic mass is 35.5. The van der Waals surface area contributed by atoms with Gasteiger partial charge in [0.2, 0.25) is 0 Å². The Balaban J connectivity index is 0.00000225. The van der Waals surface area contributed by atoms with Crippen LogP contribution in [0.4, 0.5) is 0 Å². The van der Waals surface area contributed by atoms with Crippen molar-refractivity contribution in [3.05, 3.63) is 0 Å². The average molecular weight is 249 g/mol. The zero-order valence-corrected chi connectivity index (χ0v) is 12.2. The van der Waals surface area contributed by atoms with Crippen LogP contribution >= 0.6 is 12.4 Å². The highest BCUT2D eigenvalue weighted by Gasteiger charge is 2.32. The summed E-state index contributed by atoms with van der Waals surface area (Å²) in [5, 5.41) is 0. The summed E-state index contributed by atoms with van der Waals surface area (Å²) in [7, 11) is 0. The van der Waals surface area contributed by atoms with Crippen LogP contribution in [0.3, 0.4) is 0 Å². The van der Waals surface area contributed by atoms with Gasteiger partial charge in [-0.05, 0) is 43.3 Å². The molecule has 98 valence electrons. The van der Waals surface area contributed by atoms with Crippen molar-refractivity contribution in [3.63, 3.8) is 0 Å². The van der Waals surface area contributed by atoms with Crippen molar-refractivity contribution >= 4 is 12.4 Å². The Morgan fingerprint density at radius 1 is 1.38 bits per heavy atom. The van der Waals surface area contributed by atoms with Crippen LogP contribution in [-0.2, 0) is 0 Å². The van der Waals surface area contributed by atoms with Gasteiger partial charge in [0.05, 0.1) is 0 Å².